The Morgan fingerprint density at radius 2 is 2.03 bits per heavy atom. The summed E-state index contributed by atoms with van der Waals surface area (Å²) < 4.78 is 32.1. The first kappa shape index (κ1) is 21.2. The van der Waals surface area contributed by atoms with Gasteiger partial charge in [0, 0.05) is 30.9 Å². The molecule has 2 aliphatic rings. The molecule has 10 heteroatoms. The highest BCUT2D eigenvalue weighted by molar-refractivity contribution is 7.92. The summed E-state index contributed by atoms with van der Waals surface area (Å²) in [5, 5.41) is 2.98. The van der Waals surface area contributed by atoms with Gasteiger partial charge in [-0.05, 0) is 49.2 Å². The summed E-state index contributed by atoms with van der Waals surface area (Å²) in [6.45, 7) is 4.85. The van der Waals surface area contributed by atoms with E-state index in [1.165, 1.54) is 0 Å². The number of hydrogen-bond acceptors (Lipinski definition) is 7. The molecule has 1 amide bonds. The van der Waals surface area contributed by atoms with Gasteiger partial charge in [0.25, 0.3) is 5.91 Å². The predicted octanol–water partition coefficient (Wildman–Crippen LogP) is 3.39. The van der Waals surface area contributed by atoms with E-state index in [0.29, 0.717) is 59.5 Å². The van der Waals surface area contributed by atoms with Gasteiger partial charge in [-0.1, -0.05) is 6.07 Å². The van der Waals surface area contributed by atoms with Gasteiger partial charge in [0.2, 0.25) is 10.0 Å². The maximum absolute atomic E-state index is 13.0. The number of benzene rings is 1. The first-order valence-corrected chi connectivity index (χ1v) is 12.3. The van der Waals surface area contributed by atoms with Crippen molar-refractivity contribution in [2.75, 3.05) is 28.1 Å². The molecular formula is C23H23N5O4S. The molecule has 33 heavy (non-hydrogen) atoms. The molecule has 0 saturated heterocycles. The monoisotopic (exact) mass is 465 g/mol. The second kappa shape index (κ2) is 8.04. The first-order valence-electron chi connectivity index (χ1n) is 10.6. The summed E-state index contributed by atoms with van der Waals surface area (Å²) in [7, 11) is -3.35. The lowest BCUT2D eigenvalue weighted by Crippen LogP contribution is -2.20. The Balaban J connectivity index is 1.37. The van der Waals surface area contributed by atoms with E-state index < -0.39 is 10.0 Å². The minimum Gasteiger partial charge on any atom is -0.493 e. The van der Waals surface area contributed by atoms with Crippen molar-refractivity contribution in [3.63, 3.8) is 0 Å². The molecule has 0 atom stereocenters. The number of carbonyl (C=O) groups is 1. The number of nitrogens with zero attached hydrogens (tertiary/aromatic N) is 3. The minimum atomic E-state index is -3.35. The van der Waals surface area contributed by atoms with Crippen LogP contribution in [0.3, 0.4) is 0 Å². The van der Waals surface area contributed by atoms with Crippen LogP contribution in [-0.2, 0) is 22.2 Å². The molecule has 0 spiro atoms. The summed E-state index contributed by atoms with van der Waals surface area (Å²) in [5.41, 5.74) is 4.13. The summed E-state index contributed by atoms with van der Waals surface area (Å²) >= 11 is 0. The van der Waals surface area contributed by atoms with Crippen molar-refractivity contribution in [3.8, 4) is 5.75 Å². The van der Waals surface area contributed by atoms with Gasteiger partial charge in [0.05, 0.1) is 29.3 Å². The topological polar surface area (TPSA) is 114 Å². The fourth-order valence-corrected chi connectivity index (χ4v) is 5.40. The number of rotatable bonds is 5. The number of aryl methyl sites for hydroxylation is 1. The van der Waals surface area contributed by atoms with Gasteiger partial charge in [-0.15, -0.1) is 0 Å². The van der Waals surface area contributed by atoms with Crippen LogP contribution in [0.2, 0.25) is 0 Å². The Kier molecular flexibility index (Phi) is 5.16. The fourth-order valence-electron chi connectivity index (χ4n) is 4.12. The second-order valence-electron chi connectivity index (χ2n) is 7.98. The third-order valence-electron chi connectivity index (χ3n) is 5.75. The Morgan fingerprint density at radius 3 is 2.85 bits per heavy atom. The summed E-state index contributed by atoms with van der Waals surface area (Å²) in [6, 6.07) is 8.92. The Morgan fingerprint density at radius 1 is 1.18 bits per heavy atom. The van der Waals surface area contributed by atoms with Gasteiger partial charge in [-0.3, -0.25) is 9.52 Å². The third-order valence-corrected chi connectivity index (χ3v) is 6.95. The molecule has 2 N–H and O–H groups in total. The molecule has 0 radical (unpaired) electrons. The molecule has 5 rings (SSSR count). The largest absolute Gasteiger partial charge is 0.493 e. The fraction of sp³-hybridized carbons (Fsp3) is 0.261. The number of aromatic nitrogens is 2. The van der Waals surface area contributed by atoms with Crippen molar-refractivity contribution >= 4 is 38.9 Å². The quantitative estimate of drug-likeness (QED) is 0.594. The highest BCUT2D eigenvalue weighted by Gasteiger charge is 2.28. The lowest BCUT2D eigenvalue weighted by Gasteiger charge is -2.22. The molecule has 2 aromatic heterocycles. The van der Waals surface area contributed by atoms with E-state index in [2.05, 4.69) is 20.0 Å². The van der Waals surface area contributed by atoms with E-state index in [9.17, 15) is 13.2 Å². The average molecular weight is 466 g/mol. The van der Waals surface area contributed by atoms with E-state index in [1.807, 2.05) is 30.9 Å². The van der Waals surface area contributed by atoms with Crippen LogP contribution in [0.4, 0.5) is 23.0 Å². The number of amides is 1. The number of anilines is 4. The molecule has 0 unspecified atom stereocenters. The number of sulfonamides is 1. The number of nitrogens with one attached hydrogen (secondary N) is 2. The van der Waals surface area contributed by atoms with E-state index in [0.717, 1.165) is 11.1 Å². The lowest BCUT2D eigenvalue weighted by atomic mass is 10.1. The van der Waals surface area contributed by atoms with Crippen LogP contribution in [0, 0.1) is 6.92 Å². The highest BCUT2D eigenvalue weighted by atomic mass is 32.2. The molecule has 0 fully saturated rings. The highest BCUT2D eigenvalue weighted by Crippen LogP contribution is 2.37. The third kappa shape index (κ3) is 3.86. The SMILES string of the molecule is CCN1c2ncc(CCOc3cccc4c3CS(=O)(=O)N4)cc2C(=O)Nc2c(C)ccnc21. The molecular weight excluding hydrogens is 442 g/mol. The standard InChI is InChI=1S/C23H23N5O4S/c1-3-28-21-16(23(29)26-20-14(2)7-9-24-22(20)28)11-15(12-25-21)8-10-32-19-6-4-5-18-17(19)13-33(30,31)27-18/h4-7,9,11-12,27H,3,8,10,13H2,1-2H3,(H,26,29). The number of fused-ring (bicyclic) bond motifs is 3. The molecule has 4 heterocycles. The van der Waals surface area contributed by atoms with Gasteiger partial charge < -0.3 is 15.0 Å². The average Bonchev–Trinajstić information content (AvgIpc) is 3.05. The van der Waals surface area contributed by atoms with Gasteiger partial charge in [-0.25, -0.2) is 18.4 Å². The first-order chi connectivity index (χ1) is 15.9. The van der Waals surface area contributed by atoms with E-state index in [1.54, 1.807) is 30.6 Å². The molecule has 9 nitrogen and oxygen atoms in total. The summed E-state index contributed by atoms with van der Waals surface area (Å²) in [5.74, 6) is 1.45. The Hall–Kier alpha value is -3.66. The number of pyridine rings is 2. The van der Waals surface area contributed by atoms with Crippen molar-refractivity contribution in [2.24, 2.45) is 0 Å². The summed E-state index contributed by atoms with van der Waals surface area (Å²) in [6.07, 6.45) is 3.97. The molecule has 0 aliphatic carbocycles. The molecule has 1 aromatic carbocycles. The maximum Gasteiger partial charge on any atom is 0.259 e. The Bertz CT molecular complexity index is 1370. The van der Waals surface area contributed by atoms with Crippen molar-refractivity contribution in [2.45, 2.75) is 26.0 Å². The van der Waals surface area contributed by atoms with Crippen LogP contribution < -0.4 is 19.7 Å². The van der Waals surface area contributed by atoms with Crippen LogP contribution in [0.5, 0.6) is 5.75 Å². The molecule has 3 aromatic rings. The smallest absolute Gasteiger partial charge is 0.259 e. The van der Waals surface area contributed by atoms with Gasteiger partial charge in [-0.2, -0.15) is 0 Å². The second-order valence-corrected chi connectivity index (χ2v) is 9.70. The molecule has 0 saturated carbocycles. The van der Waals surface area contributed by atoms with Crippen LogP contribution in [-0.4, -0.2) is 37.4 Å². The molecule has 0 bridgehead atoms. The van der Waals surface area contributed by atoms with Crippen LogP contribution in [0.25, 0.3) is 0 Å². The van der Waals surface area contributed by atoms with E-state index >= 15 is 0 Å². The van der Waals surface area contributed by atoms with Crippen LogP contribution >= 0.6 is 0 Å². The number of ether oxygens (including phenoxy) is 1. The number of carbonyl (C=O) groups excluding carboxylic acids is 1. The van der Waals surface area contributed by atoms with Crippen LogP contribution in [0.1, 0.15) is 34.0 Å². The maximum atomic E-state index is 13.0. The van der Waals surface area contributed by atoms with Gasteiger partial charge in [0.15, 0.2) is 5.82 Å². The Labute approximate surface area is 191 Å². The van der Waals surface area contributed by atoms with Crippen molar-refractivity contribution in [1.82, 2.24) is 9.97 Å². The van der Waals surface area contributed by atoms with Gasteiger partial charge >= 0.3 is 0 Å². The zero-order chi connectivity index (χ0) is 23.2. The van der Waals surface area contributed by atoms with E-state index in [-0.39, 0.29) is 11.7 Å². The zero-order valence-electron chi connectivity index (χ0n) is 18.3. The van der Waals surface area contributed by atoms with E-state index in [4.69, 9.17) is 4.74 Å². The predicted molar refractivity (Wildman–Crippen MR) is 126 cm³/mol. The minimum absolute atomic E-state index is 0.0973. The van der Waals surface area contributed by atoms with Crippen molar-refractivity contribution < 1.29 is 17.9 Å². The van der Waals surface area contributed by atoms with Crippen molar-refractivity contribution in [1.29, 1.82) is 0 Å². The lowest BCUT2D eigenvalue weighted by molar-refractivity contribution is 0.102. The van der Waals surface area contributed by atoms with Gasteiger partial charge in [0.1, 0.15) is 11.6 Å². The summed E-state index contributed by atoms with van der Waals surface area (Å²) in [4.78, 5) is 24.0. The normalized spacial score (nSPS) is 15.6. The number of hydrogen-bond donors (Lipinski definition) is 2. The molecule has 2 aliphatic heterocycles. The molecule has 170 valence electrons. The van der Waals surface area contributed by atoms with Crippen LogP contribution in [0.15, 0.2) is 42.7 Å². The zero-order valence-corrected chi connectivity index (χ0v) is 19.1. The van der Waals surface area contributed by atoms with Crippen molar-refractivity contribution in [3.05, 3.63) is 65.0 Å².